The number of Topliss-reactive ketones (excluding diaryl/α,β-unsaturated/α-hetero) is 1. The molecule has 3 aromatic carbocycles. The lowest BCUT2D eigenvalue weighted by molar-refractivity contribution is -0.110. The van der Waals surface area contributed by atoms with Crippen LogP contribution < -0.4 is 0 Å². The molecule has 0 bridgehead atoms. The van der Waals surface area contributed by atoms with Gasteiger partial charge in [0.1, 0.15) is 0 Å². The Morgan fingerprint density at radius 2 is 1.60 bits per heavy atom. The molecule has 3 aromatic rings. The van der Waals surface area contributed by atoms with Gasteiger partial charge in [-0.1, -0.05) is 95.3 Å². The number of hydrogen-bond acceptors (Lipinski definition) is 2. The van der Waals surface area contributed by atoms with Gasteiger partial charge in [-0.15, -0.1) is 12.4 Å². The highest BCUT2D eigenvalue weighted by atomic mass is 79.9. The minimum Gasteiger partial charge on any atom is -0.298 e. The molecule has 30 heavy (non-hydrogen) atoms. The summed E-state index contributed by atoms with van der Waals surface area (Å²) >= 11 is 3.50. The van der Waals surface area contributed by atoms with Gasteiger partial charge in [-0.05, 0) is 41.9 Å². The van der Waals surface area contributed by atoms with Gasteiger partial charge < -0.3 is 0 Å². The first-order chi connectivity index (χ1) is 14.0. The van der Waals surface area contributed by atoms with Crippen molar-refractivity contribution >= 4 is 45.8 Å². The van der Waals surface area contributed by atoms with E-state index in [-0.39, 0.29) is 18.2 Å². The van der Waals surface area contributed by atoms with Crippen LogP contribution in [0.1, 0.15) is 16.7 Å². The molecule has 0 radical (unpaired) electrons. The number of likely N-dealkylation sites (N-methyl/N-ethyl adjacent to an activating group) is 1. The lowest BCUT2D eigenvalue weighted by Crippen LogP contribution is -2.23. The van der Waals surface area contributed by atoms with E-state index in [4.69, 9.17) is 0 Å². The molecule has 154 valence electrons. The van der Waals surface area contributed by atoms with Crippen molar-refractivity contribution in [1.29, 1.82) is 0 Å². The zero-order valence-corrected chi connectivity index (χ0v) is 19.3. The van der Waals surface area contributed by atoms with Crippen LogP contribution in [-0.2, 0) is 11.3 Å². The van der Waals surface area contributed by atoms with Crippen molar-refractivity contribution in [2.24, 2.45) is 0 Å². The highest BCUT2D eigenvalue weighted by Gasteiger charge is 2.17. The van der Waals surface area contributed by atoms with E-state index >= 15 is 0 Å². The van der Waals surface area contributed by atoms with Crippen molar-refractivity contribution in [2.45, 2.75) is 6.54 Å². The third-order valence-corrected chi connectivity index (χ3v) is 5.06. The highest BCUT2D eigenvalue weighted by molar-refractivity contribution is 9.10. The van der Waals surface area contributed by atoms with Crippen molar-refractivity contribution < 1.29 is 4.79 Å². The predicted molar refractivity (Wildman–Crippen MR) is 133 cm³/mol. The van der Waals surface area contributed by atoms with E-state index < -0.39 is 0 Å². The maximum atomic E-state index is 13.3. The Balaban J connectivity index is 0.00000320. The van der Waals surface area contributed by atoms with Crippen LogP contribution in [0.2, 0.25) is 0 Å². The summed E-state index contributed by atoms with van der Waals surface area (Å²) in [5.74, 6) is -0.0314. The van der Waals surface area contributed by atoms with Crippen LogP contribution in [0.15, 0.2) is 102 Å². The SMILES string of the molecule is C=C(CN(C)Cc1ccccc1)C(=O)/C(=C/c1cccc(Br)c1)c1ccccc1.Cl. The van der Waals surface area contributed by atoms with Crippen LogP contribution in [0.5, 0.6) is 0 Å². The Labute approximate surface area is 193 Å². The number of allylic oxidation sites excluding steroid dienone is 1. The molecule has 0 aliphatic heterocycles. The molecule has 0 heterocycles. The second-order valence-corrected chi connectivity index (χ2v) is 7.99. The average molecular weight is 483 g/mol. The van der Waals surface area contributed by atoms with Crippen LogP contribution in [-0.4, -0.2) is 24.3 Å². The molecule has 4 heteroatoms. The van der Waals surface area contributed by atoms with Crippen molar-refractivity contribution in [1.82, 2.24) is 4.90 Å². The van der Waals surface area contributed by atoms with Crippen LogP contribution in [0.4, 0.5) is 0 Å². The topological polar surface area (TPSA) is 20.3 Å². The monoisotopic (exact) mass is 481 g/mol. The summed E-state index contributed by atoms with van der Waals surface area (Å²) in [5, 5.41) is 0. The Bertz CT molecular complexity index is 1020. The lowest BCUT2D eigenvalue weighted by Gasteiger charge is -2.18. The Morgan fingerprint density at radius 3 is 2.23 bits per heavy atom. The molecule has 0 amide bonds. The zero-order valence-electron chi connectivity index (χ0n) is 16.9. The predicted octanol–water partition coefficient (Wildman–Crippen LogP) is 6.67. The lowest BCUT2D eigenvalue weighted by atomic mass is 9.95. The Morgan fingerprint density at radius 1 is 0.967 bits per heavy atom. The largest absolute Gasteiger partial charge is 0.298 e. The smallest absolute Gasteiger partial charge is 0.190 e. The van der Waals surface area contributed by atoms with Gasteiger partial charge >= 0.3 is 0 Å². The third-order valence-electron chi connectivity index (χ3n) is 4.57. The van der Waals surface area contributed by atoms with Gasteiger partial charge in [0.15, 0.2) is 5.78 Å². The number of hydrogen-bond donors (Lipinski definition) is 0. The normalized spacial score (nSPS) is 11.1. The molecule has 3 rings (SSSR count). The second-order valence-electron chi connectivity index (χ2n) is 7.07. The Kier molecular flexibility index (Phi) is 9.25. The van der Waals surface area contributed by atoms with E-state index in [0.717, 1.165) is 22.1 Å². The van der Waals surface area contributed by atoms with E-state index in [1.165, 1.54) is 5.56 Å². The van der Waals surface area contributed by atoms with Gasteiger partial charge in [0.05, 0.1) is 0 Å². The van der Waals surface area contributed by atoms with Gasteiger partial charge in [0.25, 0.3) is 0 Å². The van der Waals surface area contributed by atoms with E-state index in [0.29, 0.717) is 17.7 Å². The quantitative estimate of drug-likeness (QED) is 0.264. The maximum Gasteiger partial charge on any atom is 0.190 e. The first-order valence-corrected chi connectivity index (χ1v) is 10.3. The maximum absolute atomic E-state index is 13.3. The van der Waals surface area contributed by atoms with Crippen molar-refractivity contribution in [3.8, 4) is 0 Å². The first-order valence-electron chi connectivity index (χ1n) is 9.50. The van der Waals surface area contributed by atoms with Gasteiger partial charge in [-0.2, -0.15) is 0 Å². The number of rotatable bonds is 8. The molecular formula is C26H25BrClNO. The highest BCUT2D eigenvalue weighted by Crippen LogP contribution is 2.24. The molecule has 2 nitrogen and oxygen atoms in total. The van der Waals surface area contributed by atoms with E-state index in [1.807, 2.05) is 85.9 Å². The van der Waals surface area contributed by atoms with Crippen molar-refractivity contribution in [3.63, 3.8) is 0 Å². The summed E-state index contributed by atoms with van der Waals surface area (Å²) < 4.78 is 0.979. The Hall–Kier alpha value is -2.46. The molecule has 0 spiro atoms. The molecule has 0 aliphatic carbocycles. The van der Waals surface area contributed by atoms with Gasteiger partial charge in [-0.3, -0.25) is 9.69 Å². The molecule has 0 aromatic heterocycles. The second kappa shape index (κ2) is 11.7. The molecule has 0 saturated carbocycles. The number of nitrogens with zero attached hydrogens (tertiary/aromatic N) is 1. The van der Waals surface area contributed by atoms with Gasteiger partial charge in [-0.25, -0.2) is 0 Å². The van der Waals surface area contributed by atoms with Crippen molar-refractivity contribution in [2.75, 3.05) is 13.6 Å². The summed E-state index contributed by atoms with van der Waals surface area (Å²) in [6.07, 6.45) is 1.94. The minimum atomic E-state index is -0.0314. The number of ketones is 1. The van der Waals surface area contributed by atoms with E-state index in [1.54, 1.807) is 0 Å². The molecule has 0 N–H and O–H groups in total. The van der Waals surface area contributed by atoms with Crippen LogP contribution in [0.25, 0.3) is 11.6 Å². The molecule has 0 unspecified atom stereocenters. The van der Waals surface area contributed by atoms with Crippen LogP contribution in [0, 0.1) is 0 Å². The summed E-state index contributed by atoms with van der Waals surface area (Å²) in [6.45, 7) is 5.38. The first kappa shape index (κ1) is 23.8. The average Bonchev–Trinajstić information content (AvgIpc) is 2.73. The van der Waals surface area contributed by atoms with Crippen LogP contribution in [0.3, 0.4) is 0 Å². The van der Waals surface area contributed by atoms with E-state index in [2.05, 4.69) is 39.5 Å². The summed E-state index contributed by atoms with van der Waals surface area (Å²) in [7, 11) is 2.01. The fourth-order valence-corrected chi connectivity index (χ4v) is 3.62. The number of carbonyl (C=O) groups excluding carboxylic acids is 1. The molecule has 0 aliphatic rings. The molecular weight excluding hydrogens is 458 g/mol. The molecule has 0 fully saturated rings. The number of benzene rings is 3. The number of carbonyl (C=O) groups is 1. The fraction of sp³-hybridized carbons (Fsp3) is 0.115. The third kappa shape index (κ3) is 6.81. The summed E-state index contributed by atoms with van der Waals surface area (Å²) in [4.78, 5) is 15.4. The van der Waals surface area contributed by atoms with Crippen molar-refractivity contribution in [3.05, 3.63) is 118 Å². The molecule has 0 atom stereocenters. The summed E-state index contributed by atoms with van der Waals surface area (Å²) in [6, 6.07) is 27.9. The number of halogens is 2. The molecule has 0 saturated heterocycles. The minimum absolute atomic E-state index is 0. The van der Waals surface area contributed by atoms with E-state index in [9.17, 15) is 4.79 Å². The van der Waals surface area contributed by atoms with Gasteiger partial charge in [0, 0.05) is 28.7 Å². The van der Waals surface area contributed by atoms with Gasteiger partial charge in [0.2, 0.25) is 0 Å². The zero-order chi connectivity index (χ0) is 20.6. The van der Waals surface area contributed by atoms with Crippen LogP contribution >= 0.6 is 28.3 Å². The standard InChI is InChI=1S/C26H24BrNO.ClH/c1-20(18-28(2)19-21-10-5-3-6-11-21)26(29)25(23-13-7-4-8-14-23)17-22-12-9-15-24(27)16-22;/h3-17H,1,18-19H2,2H3;1H/b25-17+;. The summed E-state index contributed by atoms with van der Waals surface area (Å²) in [5.41, 5.74) is 4.31. The fourth-order valence-electron chi connectivity index (χ4n) is 3.20.